The molecule has 0 aliphatic carbocycles. The van der Waals surface area contributed by atoms with E-state index in [0.717, 1.165) is 13.2 Å². The van der Waals surface area contributed by atoms with Gasteiger partial charge >= 0.3 is 0 Å². The largest absolute Gasteiger partial charge is 0.378 e. The van der Waals surface area contributed by atoms with E-state index in [1.807, 2.05) is 0 Å². The summed E-state index contributed by atoms with van der Waals surface area (Å²) in [6.45, 7) is 12.5. The molecule has 82 valence electrons. The van der Waals surface area contributed by atoms with Gasteiger partial charge in [0.05, 0.1) is 19.3 Å². The molecular formula is C11H22N2O. The van der Waals surface area contributed by atoms with Crippen molar-refractivity contribution in [2.75, 3.05) is 32.8 Å². The molecule has 0 radical (unpaired) electrons. The number of nitrogens with zero attached hydrogens (tertiary/aromatic N) is 2. The molecule has 0 amide bonds. The van der Waals surface area contributed by atoms with Gasteiger partial charge in [-0.3, -0.25) is 9.80 Å². The highest BCUT2D eigenvalue weighted by Crippen LogP contribution is 2.18. The Balaban J connectivity index is 1.85. The first-order valence-corrected chi connectivity index (χ1v) is 5.76. The van der Waals surface area contributed by atoms with Gasteiger partial charge < -0.3 is 4.74 Å². The Labute approximate surface area is 87.0 Å². The SMILES string of the molecule is CC(C)N1CCN(C2COC2)CC1C. The van der Waals surface area contributed by atoms with Crippen LogP contribution in [0.5, 0.6) is 0 Å². The van der Waals surface area contributed by atoms with E-state index < -0.39 is 0 Å². The molecule has 0 spiro atoms. The second kappa shape index (κ2) is 4.17. The minimum atomic E-state index is 0.685. The summed E-state index contributed by atoms with van der Waals surface area (Å²) in [5, 5.41) is 0. The lowest BCUT2D eigenvalue weighted by molar-refractivity contribution is -0.0875. The molecule has 2 aliphatic rings. The molecule has 0 aromatic heterocycles. The van der Waals surface area contributed by atoms with Crippen LogP contribution < -0.4 is 0 Å². The van der Waals surface area contributed by atoms with Crippen LogP contribution in [0.2, 0.25) is 0 Å². The molecule has 0 N–H and O–H groups in total. The predicted molar refractivity (Wildman–Crippen MR) is 57.5 cm³/mol. The maximum Gasteiger partial charge on any atom is 0.0645 e. The van der Waals surface area contributed by atoms with Gasteiger partial charge in [-0.15, -0.1) is 0 Å². The fraction of sp³-hybridized carbons (Fsp3) is 1.00. The van der Waals surface area contributed by atoms with Gasteiger partial charge in [0.2, 0.25) is 0 Å². The smallest absolute Gasteiger partial charge is 0.0645 e. The first kappa shape index (κ1) is 10.4. The summed E-state index contributed by atoms with van der Waals surface area (Å²) in [7, 11) is 0. The van der Waals surface area contributed by atoms with Crippen molar-refractivity contribution in [1.29, 1.82) is 0 Å². The molecule has 1 atom stereocenters. The first-order valence-electron chi connectivity index (χ1n) is 5.76. The van der Waals surface area contributed by atoms with Crippen LogP contribution in [0.15, 0.2) is 0 Å². The van der Waals surface area contributed by atoms with E-state index in [1.54, 1.807) is 0 Å². The number of piperazine rings is 1. The Morgan fingerprint density at radius 3 is 2.36 bits per heavy atom. The fourth-order valence-corrected chi connectivity index (χ4v) is 2.53. The Kier molecular flexibility index (Phi) is 3.10. The predicted octanol–water partition coefficient (Wildman–Crippen LogP) is 0.800. The quantitative estimate of drug-likeness (QED) is 0.653. The lowest BCUT2D eigenvalue weighted by Gasteiger charge is -2.47. The summed E-state index contributed by atoms with van der Waals surface area (Å²) in [6, 6.07) is 2.10. The molecule has 3 nitrogen and oxygen atoms in total. The van der Waals surface area contributed by atoms with Gasteiger partial charge in [-0.1, -0.05) is 0 Å². The van der Waals surface area contributed by atoms with Crippen molar-refractivity contribution in [1.82, 2.24) is 9.80 Å². The number of rotatable bonds is 2. The van der Waals surface area contributed by atoms with Crippen LogP contribution in [0.1, 0.15) is 20.8 Å². The Morgan fingerprint density at radius 2 is 1.93 bits per heavy atom. The van der Waals surface area contributed by atoms with Crippen molar-refractivity contribution in [3.05, 3.63) is 0 Å². The number of ether oxygens (including phenoxy) is 1. The van der Waals surface area contributed by atoms with Gasteiger partial charge in [0.15, 0.2) is 0 Å². The summed E-state index contributed by atoms with van der Waals surface area (Å²) in [4.78, 5) is 5.18. The third kappa shape index (κ3) is 1.95. The highest BCUT2D eigenvalue weighted by atomic mass is 16.5. The van der Waals surface area contributed by atoms with Crippen LogP contribution in [0, 0.1) is 0 Å². The molecule has 0 aromatic carbocycles. The van der Waals surface area contributed by atoms with Crippen LogP contribution in [-0.2, 0) is 4.74 Å². The van der Waals surface area contributed by atoms with E-state index in [0.29, 0.717) is 18.1 Å². The van der Waals surface area contributed by atoms with E-state index in [1.165, 1.54) is 19.6 Å². The van der Waals surface area contributed by atoms with Gasteiger partial charge in [0, 0.05) is 31.7 Å². The molecular weight excluding hydrogens is 176 g/mol. The highest BCUT2D eigenvalue weighted by molar-refractivity contribution is 4.87. The van der Waals surface area contributed by atoms with Crippen LogP contribution >= 0.6 is 0 Å². The second-order valence-electron chi connectivity index (χ2n) is 4.87. The van der Waals surface area contributed by atoms with E-state index in [9.17, 15) is 0 Å². The third-order valence-electron chi connectivity index (χ3n) is 3.51. The Hall–Kier alpha value is -0.120. The Bertz CT molecular complexity index is 192. The molecule has 2 saturated heterocycles. The maximum atomic E-state index is 5.24. The van der Waals surface area contributed by atoms with Crippen molar-refractivity contribution in [2.45, 2.75) is 38.9 Å². The molecule has 1 unspecified atom stereocenters. The van der Waals surface area contributed by atoms with E-state index in [2.05, 4.69) is 30.6 Å². The van der Waals surface area contributed by atoms with Gasteiger partial charge in [0.25, 0.3) is 0 Å². The average Bonchev–Trinajstić information content (AvgIpc) is 2.00. The third-order valence-corrected chi connectivity index (χ3v) is 3.51. The lowest BCUT2D eigenvalue weighted by atomic mass is 10.1. The van der Waals surface area contributed by atoms with E-state index in [4.69, 9.17) is 4.74 Å². The molecule has 2 fully saturated rings. The van der Waals surface area contributed by atoms with Crippen molar-refractivity contribution in [3.63, 3.8) is 0 Å². The zero-order chi connectivity index (χ0) is 10.1. The summed E-state index contributed by atoms with van der Waals surface area (Å²) < 4.78 is 5.24. The molecule has 2 heterocycles. The molecule has 3 heteroatoms. The topological polar surface area (TPSA) is 15.7 Å². The van der Waals surface area contributed by atoms with Crippen molar-refractivity contribution >= 4 is 0 Å². The minimum absolute atomic E-state index is 0.685. The molecule has 14 heavy (non-hydrogen) atoms. The summed E-state index contributed by atoms with van der Waals surface area (Å²) in [5.74, 6) is 0. The lowest BCUT2D eigenvalue weighted by Crippen LogP contribution is -2.60. The Morgan fingerprint density at radius 1 is 1.21 bits per heavy atom. The van der Waals surface area contributed by atoms with Gasteiger partial charge in [-0.25, -0.2) is 0 Å². The van der Waals surface area contributed by atoms with E-state index in [-0.39, 0.29) is 0 Å². The molecule has 2 rings (SSSR count). The molecule has 2 aliphatic heterocycles. The van der Waals surface area contributed by atoms with Crippen molar-refractivity contribution in [2.24, 2.45) is 0 Å². The van der Waals surface area contributed by atoms with Crippen LogP contribution in [-0.4, -0.2) is 60.8 Å². The number of hydrogen-bond donors (Lipinski definition) is 0. The van der Waals surface area contributed by atoms with Gasteiger partial charge in [-0.05, 0) is 20.8 Å². The van der Waals surface area contributed by atoms with Crippen molar-refractivity contribution in [3.8, 4) is 0 Å². The molecule has 0 bridgehead atoms. The maximum absolute atomic E-state index is 5.24. The summed E-state index contributed by atoms with van der Waals surface area (Å²) >= 11 is 0. The van der Waals surface area contributed by atoms with Crippen LogP contribution in [0.3, 0.4) is 0 Å². The summed E-state index contributed by atoms with van der Waals surface area (Å²) in [6.07, 6.45) is 0. The van der Waals surface area contributed by atoms with Gasteiger partial charge in [-0.2, -0.15) is 0 Å². The fourth-order valence-electron chi connectivity index (χ4n) is 2.53. The standard InChI is InChI=1S/C11H22N2O/c1-9(2)13-5-4-12(6-10(13)3)11-7-14-8-11/h9-11H,4-8H2,1-3H3. The zero-order valence-electron chi connectivity index (χ0n) is 9.57. The van der Waals surface area contributed by atoms with Crippen molar-refractivity contribution < 1.29 is 4.74 Å². The minimum Gasteiger partial charge on any atom is -0.378 e. The molecule has 0 saturated carbocycles. The van der Waals surface area contributed by atoms with Crippen LogP contribution in [0.25, 0.3) is 0 Å². The van der Waals surface area contributed by atoms with Gasteiger partial charge in [0.1, 0.15) is 0 Å². The highest BCUT2D eigenvalue weighted by Gasteiger charge is 2.32. The normalized spacial score (nSPS) is 32.1. The average molecular weight is 198 g/mol. The monoisotopic (exact) mass is 198 g/mol. The van der Waals surface area contributed by atoms with Crippen LogP contribution in [0.4, 0.5) is 0 Å². The number of hydrogen-bond acceptors (Lipinski definition) is 3. The summed E-state index contributed by atoms with van der Waals surface area (Å²) in [5.41, 5.74) is 0. The first-order chi connectivity index (χ1) is 6.68. The van der Waals surface area contributed by atoms with E-state index >= 15 is 0 Å². The second-order valence-corrected chi connectivity index (χ2v) is 4.87. The molecule has 0 aromatic rings. The zero-order valence-corrected chi connectivity index (χ0v) is 9.57.